The van der Waals surface area contributed by atoms with Crippen molar-refractivity contribution >= 4 is 18.1 Å². The molecule has 1 aromatic rings. The average Bonchev–Trinajstić information content (AvgIpc) is 3.42. The lowest BCUT2D eigenvalue weighted by Crippen LogP contribution is -2.38. The molecular weight excluding hydrogens is 401 g/mol. The van der Waals surface area contributed by atoms with Crippen molar-refractivity contribution in [3.05, 3.63) is 54.4 Å². The van der Waals surface area contributed by atoms with Crippen LogP contribution in [-0.4, -0.2) is 75.4 Å². The van der Waals surface area contributed by atoms with E-state index in [2.05, 4.69) is 31.9 Å². The van der Waals surface area contributed by atoms with Crippen LogP contribution < -0.4 is 5.32 Å². The van der Waals surface area contributed by atoms with Gasteiger partial charge in [-0.05, 0) is 37.0 Å². The van der Waals surface area contributed by atoms with Gasteiger partial charge in [0.05, 0.1) is 30.3 Å². The van der Waals surface area contributed by atoms with E-state index >= 15 is 0 Å². The number of amides is 2. The lowest BCUT2D eigenvalue weighted by atomic mass is 10.1. The van der Waals surface area contributed by atoms with E-state index in [1.54, 1.807) is 16.1 Å². The number of amidine groups is 1. The van der Waals surface area contributed by atoms with Gasteiger partial charge in [0.15, 0.2) is 0 Å². The van der Waals surface area contributed by atoms with Gasteiger partial charge in [0.1, 0.15) is 18.3 Å². The Hall–Kier alpha value is -3.27. The standard InChI is InChI=1S/C21H26FN7O2/c1-15(26-21(31)27-7-4-18(30)13-27)10-25-28-8-5-20(24-14-28)29-6-2-3-19(29)16-9-17(22)12-23-11-16/h5,8-12,18-19,30H,1-4,6-7,13-14H2,(H,26,31)/b25-10-/t18-,19+/m0/s1. The maximum Gasteiger partial charge on any atom is 0.321 e. The Morgan fingerprint density at radius 2 is 2.23 bits per heavy atom. The fourth-order valence-electron chi connectivity index (χ4n) is 3.98. The molecule has 10 heteroatoms. The van der Waals surface area contributed by atoms with Crippen LogP contribution in [0.1, 0.15) is 30.9 Å². The number of hydrogen-bond acceptors (Lipinski definition) is 7. The smallest absolute Gasteiger partial charge is 0.321 e. The summed E-state index contributed by atoms with van der Waals surface area (Å²) in [6.07, 6.45) is 10.1. The molecule has 2 saturated heterocycles. The average molecular weight is 427 g/mol. The van der Waals surface area contributed by atoms with Crippen LogP contribution in [0.4, 0.5) is 9.18 Å². The second-order valence-corrected chi connectivity index (χ2v) is 7.79. The van der Waals surface area contributed by atoms with Crippen molar-refractivity contribution < 1.29 is 14.3 Å². The van der Waals surface area contributed by atoms with Crippen molar-refractivity contribution in [2.75, 3.05) is 26.3 Å². The number of rotatable bonds is 4. The number of nitrogens with zero attached hydrogens (tertiary/aromatic N) is 6. The molecular formula is C21H26FN7O2. The molecule has 164 valence electrons. The number of urea groups is 1. The Morgan fingerprint density at radius 3 is 2.94 bits per heavy atom. The number of hydrazone groups is 1. The Labute approximate surface area is 180 Å². The highest BCUT2D eigenvalue weighted by Crippen LogP contribution is 2.32. The number of carbonyl (C=O) groups is 1. The number of aliphatic hydroxyl groups excluding tert-OH is 1. The van der Waals surface area contributed by atoms with E-state index in [-0.39, 0.29) is 17.9 Å². The maximum atomic E-state index is 13.6. The molecule has 9 nitrogen and oxygen atoms in total. The highest BCUT2D eigenvalue weighted by molar-refractivity contribution is 5.94. The summed E-state index contributed by atoms with van der Waals surface area (Å²) >= 11 is 0. The topological polar surface area (TPSA) is 96.7 Å². The van der Waals surface area contributed by atoms with Crippen LogP contribution in [0.3, 0.4) is 0 Å². The van der Waals surface area contributed by atoms with Gasteiger partial charge in [-0.3, -0.25) is 9.99 Å². The number of halogens is 1. The number of aliphatic imine (C=N–C) groups is 1. The van der Waals surface area contributed by atoms with E-state index in [4.69, 9.17) is 0 Å². The summed E-state index contributed by atoms with van der Waals surface area (Å²) in [5.74, 6) is 0.497. The first-order valence-electron chi connectivity index (χ1n) is 10.3. The van der Waals surface area contributed by atoms with Gasteiger partial charge in [-0.1, -0.05) is 6.58 Å². The minimum Gasteiger partial charge on any atom is -0.391 e. The molecule has 0 bridgehead atoms. The van der Waals surface area contributed by atoms with Crippen LogP contribution >= 0.6 is 0 Å². The van der Waals surface area contributed by atoms with Crippen molar-refractivity contribution in [3.8, 4) is 0 Å². The van der Waals surface area contributed by atoms with Crippen molar-refractivity contribution in [2.24, 2.45) is 10.1 Å². The predicted octanol–water partition coefficient (Wildman–Crippen LogP) is 1.82. The summed E-state index contributed by atoms with van der Waals surface area (Å²) in [7, 11) is 0. The normalized spacial score (nSPS) is 23.5. The minimum atomic E-state index is -0.467. The minimum absolute atomic E-state index is 0.0562. The molecule has 3 aliphatic heterocycles. The zero-order chi connectivity index (χ0) is 21.8. The van der Waals surface area contributed by atoms with E-state index in [1.807, 2.05) is 12.3 Å². The zero-order valence-electron chi connectivity index (χ0n) is 17.2. The van der Waals surface area contributed by atoms with E-state index in [9.17, 15) is 14.3 Å². The third-order valence-electron chi connectivity index (χ3n) is 5.51. The van der Waals surface area contributed by atoms with E-state index in [0.717, 1.165) is 30.8 Å². The molecule has 2 amide bonds. The first-order valence-corrected chi connectivity index (χ1v) is 10.3. The number of carbonyl (C=O) groups excluding carboxylic acids is 1. The molecule has 0 aliphatic carbocycles. The first-order chi connectivity index (χ1) is 15.0. The molecule has 31 heavy (non-hydrogen) atoms. The number of nitrogens with one attached hydrogen (secondary N) is 1. The number of pyridine rings is 1. The summed E-state index contributed by atoms with van der Waals surface area (Å²) in [4.78, 5) is 24.4. The van der Waals surface area contributed by atoms with E-state index in [1.165, 1.54) is 18.5 Å². The van der Waals surface area contributed by atoms with Gasteiger partial charge in [-0.2, -0.15) is 5.10 Å². The number of allylic oxidation sites excluding steroid dienone is 1. The molecule has 2 N–H and O–H groups in total. The molecule has 2 atom stereocenters. The number of hydrogen-bond donors (Lipinski definition) is 2. The Balaban J connectivity index is 1.30. The lowest BCUT2D eigenvalue weighted by Gasteiger charge is -2.29. The van der Waals surface area contributed by atoms with Crippen LogP contribution in [0, 0.1) is 5.82 Å². The monoisotopic (exact) mass is 427 g/mol. The van der Waals surface area contributed by atoms with Gasteiger partial charge in [-0.25, -0.2) is 14.2 Å². The van der Waals surface area contributed by atoms with Crippen molar-refractivity contribution in [1.29, 1.82) is 0 Å². The van der Waals surface area contributed by atoms with E-state index < -0.39 is 6.10 Å². The molecule has 0 spiro atoms. The fraction of sp³-hybridized carbons (Fsp3) is 0.429. The Morgan fingerprint density at radius 1 is 1.35 bits per heavy atom. The quantitative estimate of drug-likeness (QED) is 0.715. The third kappa shape index (κ3) is 5.08. The van der Waals surface area contributed by atoms with Gasteiger partial charge in [0.2, 0.25) is 0 Å². The first kappa shape index (κ1) is 21.0. The maximum absolute atomic E-state index is 13.6. The summed E-state index contributed by atoms with van der Waals surface area (Å²) in [6.45, 7) is 5.82. The number of aromatic nitrogens is 1. The number of β-amino-alcohol motifs (C(OH)–C–C–N with tert-alkyl or cyclic N) is 1. The summed E-state index contributed by atoms with van der Waals surface area (Å²) in [6, 6.07) is 1.29. The second kappa shape index (κ2) is 9.25. The molecule has 0 saturated carbocycles. The Kier molecular flexibility index (Phi) is 6.26. The second-order valence-electron chi connectivity index (χ2n) is 7.79. The van der Waals surface area contributed by atoms with Gasteiger partial charge in [0, 0.05) is 32.0 Å². The van der Waals surface area contributed by atoms with Crippen molar-refractivity contribution in [3.63, 3.8) is 0 Å². The van der Waals surface area contributed by atoms with Gasteiger partial charge in [0.25, 0.3) is 0 Å². The molecule has 0 unspecified atom stereocenters. The molecule has 4 heterocycles. The molecule has 0 aromatic carbocycles. The van der Waals surface area contributed by atoms with Gasteiger partial charge < -0.3 is 20.2 Å². The van der Waals surface area contributed by atoms with Crippen LogP contribution in [0.25, 0.3) is 0 Å². The highest BCUT2D eigenvalue weighted by Gasteiger charge is 2.29. The van der Waals surface area contributed by atoms with Gasteiger partial charge in [-0.15, -0.1) is 0 Å². The van der Waals surface area contributed by atoms with Crippen LogP contribution in [0.15, 0.2) is 53.1 Å². The molecule has 2 fully saturated rings. The molecule has 1 aromatic heterocycles. The van der Waals surface area contributed by atoms with Crippen molar-refractivity contribution in [2.45, 2.75) is 31.4 Å². The molecule has 0 radical (unpaired) electrons. The number of aliphatic hydroxyl groups is 1. The highest BCUT2D eigenvalue weighted by atomic mass is 19.1. The SMILES string of the molecule is C=C(/C=N\N1C=CC(N2CCC[C@@H]2c2cncc(F)c2)=NC1)NC(=O)N1CC[C@H](O)C1. The summed E-state index contributed by atoms with van der Waals surface area (Å²) < 4.78 is 13.6. The van der Waals surface area contributed by atoms with Crippen LogP contribution in [-0.2, 0) is 0 Å². The summed E-state index contributed by atoms with van der Waals surface area (Å²) in [5.41, 5.74) is 1.21. The molecule has 4 rings (SSSR count). The van der Waals surface area contributed by atoms with Crippen molar-refractivity contribution in [1.82, 2.24) is 25.1 Å². The van der Waals surface area contributed by atoms with Crippen LogP contribution in [0.2, 0.25) is 0 Å². The predicted molar refractivity (Wildman–Crippen MR) is 115 cm³/mol. The third-order valence-corrected chi connectivity index (χ3v) is 5.51. The zero-order valence-corrected chi connectivity index (χ0v) is 17.2. The van der Waals surface area contributed by atoms with Gasteiger partial charge >= 0.3 is 6.03 Å². The largest absolute Gasteiger partial charge is 0.391 e. The Bertz CT molecular complexity index is 932. The number of likely N-dealkylation sites (tertiary alicyclic amines) is 2. The van der Waals surface area contributed by atoms with E-state index in [0.29, 0.717) is 31.9 Å². The fourth-order valence-corrected chi connectivity index (χ4v) is 3.98. The lowest BCUT2D eigenvalue weighted by molar-refractivity contribution is 0.173. The van der Waals surface area contributed by atoms with Crippen LogP contribution in [0.5, 0.6) is 0 Å². The molecule has 3 aliphatic rings. The summed E-state index contributed by atoms with van der Waals surface area (Å²) in [5, 5.41) is 18.1.